The van der Waals surface area contributed by atoms with Crippen molar-refractivity contribution < 1.29 is 23.9 Å². The van der Waals surface area contributed by atoms with Gasteiger partial charge in [0.15, 0.2) is 0 Å². The van der Waals surface area contributed by atoms with E-state index in [0.29, 0.717) is 97.6 Å². The van der Waals surface area contributed by atoms with E-state index in [4.69, 9.17) is 26.2 Å². The molecule has 6 aromatic rings. The van der Waals surface area contributed by atoms with Crippen LogP contribution in [0.25, 0.3) is 22.1 Å². The third kappa shape index (κ3) is 8.67. The maximum absolute atomic E-state index is 13.9. The number of hydrogen-bond acceptors (Lipinski definition) is 11. The molecular formula is C46H58N14O5. The molecule has 2 aliphatic heterocycles. The first-order valence-corrected chi connectivity index (χ1v) is 22.4. The molecule has 0 aliphatic carbocycles. The minimum atomic E-state index is -0.569. The van der Waals surface area contributed by atoms with Crippen LogP contribution in [0.1, 0.15) is 118 Å². The molecule has 19 nitrogen and oxygen atoms in total. The SMILES string of the molecule is CCCCN1C[C@H](C/C=C/C[C@H]2CN(CCCOC)c3cc(C(N)=O)cc4nc(NC(=O)c5cc(C)nn5CC)n2c34)n2c(NC(=O)c3cc(C)nn3CC)nc3cc(C(N)=O)cc1c32. The van der Waals surface area contributed by atoms with Crippen LogP contribution in [0.2, 0.25) is 0 Å². The smallest absolute Gasteiger partial charge is 0.276 e. The highest BCUT2D eigenvalue weighted by Crippen LogP contribution is 2.42. The number of methoxy groups -OCH3 is 1. The number of ether oxygens (including phenoxy) is 1. The first-order valence-electron chi connectivity index (χ1n) is 22.4. The minimum Gasteiger partial charge on any atom is -0.385 e. The van der Waals surface area contributed by atoms with Gasteiger partial charge in [-0.3, -0.25) is 39.2 Å². The average molecular weight is 887 g/mol. The maximum Gasteiger partial charge on any atom is 0.276 e. The van der Waals surface area contributed by atoms with Crippen molar-refractivity contribution in [2.75, 3.05) is 60.3 Å². The van der Waals surface area contributed by atoms with E-state index < -0.39 is 11.8 Å². The normalized spacial score (nSPS) is 15.7. The number of carbonyl (C=O) groups is 4. The molecule has 2 aliphatic rings. The summed E-state index contributed by atoms with van der Waals surface area (Å²) < 4.78 is 12.9. The summed E-state index contributed by atoms with van der Waals surface area (Å²) in [4.78, 5) is 67.4. The van der Waals surface area contributed by atoms with E-state index in [2.05, 4.69) is 58.8 Å². The number of imidazole rings is 2. The largest absolute Gasteiger partial charge is 0.385 e. The Morgan fingerprint density at radius 3 is 1.54 bits per heavy atom. The Hall–Kier alpha value is -7.02. The molecule has 342 valence electrons. The number of amides is 4. The fraction of sp³-hybridized carbons (Fsp3) is 0.435. The number of primary amides is 2. The molecule has 65 heavy (non-hydrogen) atoms. The number of carbonyl (C=O) groups excluding carboxylic acids is 4. The number of nitrogens with one attached hydrogen (secondary N) is 2. The van der Waals surface area contributed by atoms with Crippen LogP contribution < -0.4 is 31.9 Å². The summed E-state index contributed by atoms with van der Waals surface area (Å²) >= 11 is 0. The van der Waals surface area contributed by atoms with Gasteiger partial charge in [0.2, 0.25) is 23.7 Å². The quantitative estimate of drug-likeness (QED) is 0.0567. The summed E-state index contributed by atoms with van der Waals surface area (Å²) in [5.41, 5.74) is 19.0. The van der Waals surface area contributed by atoms with Crippen LogP contribution in [-0.2, 0) is 17.8 Å². The summed E-state index contributed by atoms with van der Waals surface area (Å²) in [6.45, 7) is 13.9. The molecule has 2 aromatic carbocycles. The lowest BCUT2D eigenvalue weighted by Gasteiger charge is -2.37. The molecular weight excluding hydrogens is 829 g/mol. The van der Waals surface area contributed by atoms with Crippen molar-refractivity contribution in [3.05, 3.63) is 82.5 Å². The number of allylic oxidation sites excluding steroid dienone is 2. The number of anilines is 4. The van der Waals surface area contributed by atoms with Crippen LogP contribution in [0.15, 0.2) is 48.6 Å². The Kier molecular flexibility index (Phi) is 12.8. The second kappa shape index (κ2) is 18.6. The minimum absolute atomic E-state index is 0.153. The first-order chi connectivity index (χ1) is 31.3. The summed E-state index contributed by atoms with van der Waals surface area (Å²) in [5.74, 6) is -1.07. The van der Waals surface area contributed by atoms with Gasteiger partial charge in [-0.2, -0.15) is 10.2 Å². The van der Waals surface area contributed by atoms with E-state index in [-0.39, 0.29) is 23.9 Å². The van der Waals surface area contributed by atoms with Gasteiger partial charge in [0.1, 0.15) is 11.4 Å². The Morgan fingerprint density at radius 1 is 0.692 bits per heavy atom. The van der Waals surface area contributed by atoms with E-state index >= 15 is 0 Å². The van der Waals surface area contributed by atoms with Gasteiger partial charge >= 0.3 is 0 Å². The maximum atomic E-state index is 13.9. The molecule has 2 atom stereocenters. The molecule has 6 heterocycles. The molecule has 4 amide bonds. The van der Waals surface area contributed by atoms with Crippen molar-refractivity contribution in [2.45, 2.75) is 91.9 Å². The number of aryl methyl sites for hydroxylation is 4. The lowest BCUT2D eigenvalue weighted by molar-refractivity contribution is 0.0992. The van der Waals surface area contributed by atoms with Crippen LogP contribution in [0.3, 0.4) is 0 Å². The fourth-order valence-corrected chi connectivity index (χ4v) is 9.25. The number of rotatable bonds is 19. The summed E-state index contributed by atoms with van der Waals surface area (Å²) in [6, 6.07) is 10.2. The number of unbranched alkanes of at least 4 members (excludes halogenated alkanes) is 1. The molecule has 4 aromatic heterocycles. The molecule has 8 rings (SSSR count). The zero-order valence-corrected chi connectivity index (χ0v) is 37.9. The molecule has 0 radical (unpaired) electrons. The Morgan fingerprint density at radius 2 is 1.14 bits per heavy atom. The van der Waals surface area contributed by atoms with Crippen molar-refractivity contribution in [3.8, 4) is 0 Å². The topological polar surface area (TPSA) is 231 Å². The molecule has 19 heteroatoms. The number of benzene rings is 2. The van der Waals surface area contributed by atoms with Gasteiger partial charge in [0.05, 0.1) is 56.9 Å². The number of nitrogens with zero attached hydrogens (tertiary/aromatic N) is 10. The van der Waals surface area contributed by atoms with Crippen LogP contribution in [-0.4, -0.2) is 102 Å². The van der Waals surface area contributed by atoms with E-state index in [1.165, 1.54) is 0 Å². The number of hydrogen-bond donors (Lipinski definition) is 4. The first kappa shape index (κ1) is 44.6. The molecule has 0 spiro atoms. The van der Waals surface area contributed by atoms with Crippen LogP contribution in [0.5, 0.6) is 0 Å². The zero-order valence-electron chi connectivity index (χ0n) is 37.9. The molecule has 6 N–H and O–H groups in total. The van der Waals surface area contributed by atoms with Crippen molar-refractivity contribution in [1.82, 2.24) is 38.7 Å². The zero-order chi connectivity index (χ0) is 46.1. The Bertz CT molecular complexity index is 2830. The van der Waals surface area contributed by atoms with Gasteiger partial charge in [-0.1, -0.05) is 25.5 Å². The second-order valence-corrected chi connectivity index (χ2v) is 16.8. The van der Waals surface area contributed by atoms with Gasteiger partial charge < -0.3 is 35.1 Å². The van der Waals surface area contributed by atoms with Crippen LogP contribution in [0.4, 0.5) is 23.3 Å². The second-order valence-electron chi connectivity index (χ2n) is 16.8. The Labute approximate surface area is 376 Å². The molecule has 0 saturated heterocycles. The van der Waals surface area contributed by atoms with Gasteiger partial charge in [-0.15, -0.1) is 0 Å². The van der Waals surface area contributed by atoms with Gasteiger partial charge in [0.25, 0.3) is 11.8 Å². The van der Waals surface area contributed by atoms with Gasteiger partial charge in [-0.25, -0.2) is 9.97 Å². The Balaban J connectivity index is 1.16. The fourth-order valence-electron chi connectivity index (χ4n) is 9.25. The highest BCUT2D eigenvalue weighted by molar-refractivity contribution is 6.07. The predicted molar refractivity (Wildman–Crippen MR) is 250 cm³/mol. The predicted octanol–water partition coefficient (Wildman–Crippen LogP) is 5.73. The highest BCUT2D eigenvalue weighted by atomic mass is 16.5. The van der Waals surface area contributed by atoms with Gasteiger partial charge in [-0.05, 0) is 89.8 Å². The molecule has 0 unspecified atom stereocenters. The summed E-state index contributed by atoms with van der Waals surface area (Å²) in [7, 11) is 1.67. The third-order valence-electron chi connectivity index (χ3n) is 12.2. The third-order valence-corrected chi connectivity index (χ3v) is 12.2. The molecule has 0 saturated carbocycles. The monoisotopic (exact) mass is 886 g/mol. The van der Waals surface area contributed by atoms with Crippen LogP contribution in [0, 0.1) is 13.8 Å². The van der Waals surface area contributed by atoms with Crippen molar-refractivity contribution in [3.63, 3.8) is 0 Å². The van der Waals surface area contributed by atoms with E-state index in [1.54, 1.807) is 46.8 Å². The van der Waals surface area contributed by atoms with Crippen LogP contribution >= 0.6 is 0 Å². The summed E-state index contributed by atoms with van der Waals surface area (Å²) in [6.07, 6.45) is 8.15. The lowest BCUT2D eigenvalue weighted by atomic mass is 10.0. The average Bonchev–Trinajstić information content (AvgIpc) is 4.06. The number of nitrogens with two attached hydrogens (primary N) is 2. The van der Waals surface area contributed by atoms with Crippen molar-refractivity contribution in [2.24, 2.45) is 11.5 Å². The standard InChI is InChI=1S/C46H58N14O5/c1-7-10-16-55-25-31(59-39-33(21-29(41(47)61)23-35(39)55)49-45(59)51-43(63)37-19-27(4)53-57(37)8-2)14-11-12-15-32-26-56(17-13-18-65-6)36-24-30(42(48)62)22-34-40(36)60(32)46(50-34)52-44(64)38-20-28(5)54-58(38)9-3/h11-12,19-24,31-32H,7-10,13-18,25-26H2,1-6H3,(H2,47,61)(H2,48,62)(H,49,51,63)(H,50,52,64)/b12-11+/t31-,32-/m0/s1. The summed E-state index contributed by atoms with van der Waals surface area (Å²) in [5, 5.41) is 15.1. The highest BCUT2D eigenvalue weighted by Gasteiger charge is 2.34. The van der Waals surface area contributed by atoms with Crippen molar-refractivity contribution in [1.29, 1.82) is 0 Å². The van der Waals surface area contributed by atoms with E-state index in [9.17, 15) is 19.2 Å². The van der Waals surface area contributed by atoms with E-state index in [1.807, 2.05) is 33.8 Å². The molecule has 0 bridgehead atoms. The van der Waals surface area contributed by atoms with Gasteiger partial charge in [0, 0.05) is 64.1 Å². The van der Waals surface area contributed by atoms with Crippen molar-refractivity contribution >= 4 is 69.0 Å². The molecule has 0 fully saturated rings. The van der Waals surface area contributed by atoms with E-state index in [0.717, 1.165) is 59.6 Å². The number of aromatic nitrogens is 8. The lowest BCUT2D eigenvalue weighted by Crippen LogP contribution is -2.37.